The lowest BCUT2D eigenvalue weighted by molar-refractivity contribution is -0.219. The first-order chi connectivity index (χ1) is 15.2. The Morgan fingerprint density at radius 2 is 2.19 bits per heavy atom. The first-order valence-electron chi connectivity index (χ1n) is 10.3. The molecule has 172 valence electrons. The third-order valence-electron chi connectivity index (χ3n) is 5.00. The highest BCUT2D eigenvalue weighted by atomic mass is 32.1. The highest BCUT2D eigenvalue weighted by Gasteiger charge is 2.37. The maximum atomic E-state index is 12.8. The van der Waals surface area contributed by atoms with Gasteiger partial charge in [-0.2, -0.15) is 5.26 Å². The van der Waals surface area contributed by atoms with Gasteiger partial charge in [0, 0.05) is 12.0 Å². The number of ether oxygens (including phenoxy) is 2. The van der Waals surface area contributed by atoms with Crippen molar-refractivity contribution in [3.8, 4) is 22.4 Å². The van der Waals surface area contributed by atoms with Crippen LogP contribution in [0.15, 0.2) is 18.2 Å². The number of nitrogens with one attached hydrogen (secondary N) is 1. The molecule has 3 rings (SSSR count). The monoisotopic (exact) mass is 461 g/mol. The SMILES string of the molecule is Cc1nc(-c2ccc(OCC(C)C)c(C#N)c2)sc1C(=O)NC1CC(O)C(CO)OC1O. The molecule has 2 heterocycles. The number of thiazole rings is 1. The van der Waals surface area contributed by atoms with Crippen LogP contribution in [0.3, 0.4) is 0 Å². The number of carbonyl (C=O) groups excluding carboxylic acids is 1. The lowest BCUT2D eigenvalue weighted by Gasteiger charge is -2.36. The van der Waals surface area contributed by atoms with Gasteiger partial charge in [0.2, 0.25) is 0 Å². The number of carbonyl (C=O) groups is 1. The fourth-order valence-electron chi connectivity index (χ4n) is 3.29. The van der Waals surface area contributed by atoms with Crippen molar-refractivity contribution in [3.05, 3.63) is 34.3 Å². The Morgan fingerprint density at radius 3 is 2.84 bits per heavy atom. The van der Waals surface area contributed by atoms with E-state index in [2.05, 4.69) is 16.4 Å². The largest absolute Gasteiger partial charge is 0.492 e. The second-order valence-electron chi connectivity index (χ2n) is 8.09. The number of aliphatic hydroxyl groups excluding tert-OH is 3. The lowest BCUT2D eigenvalue weighted by atomic mass is 10.0. The van der Waals surface area contributed by atoms with Crippen LogP contribution >= 0.6 is 11.3 Å². The number of rotatable bonds is 7. The summed E-state index contributed by atoms with van der Waals surface area (Å²) in [4.78, 5) is 17.6. The lowest BCUT2D eigenvalue weighted by Crippen LogP contribution is -2.55. The molecule has 32 heavy (non-hydrogen) atoms. The molecular weight excluding hydrogens is 434 g/mol. The fraction of sp³-hybridized carbons (Fsp3) is 0.500. The quantitative estimate of drug-likeness (QED) is 0.486. The summed E-state index contributed by atoms with van der Waals surface area (Å²) in [5, 5.41) is 42.0. The summed E-state index contributed by atoms with van der Waals surface area (Å²) in [6.45, 7) is 5.82. The summed E-state index contributed by atoms with van der Waals surface area (Å²) < 4.78 is 10.9. The molecule has 4 atom stereocenters. The van der Waals surface area contributed by atoms with Crippen molar-refractivity contribution in [1.82, 2.24) is 10.3 Å². The van der Waals surface area contributed by atoms with Gasteiger partial charge < -0.3 is 30.1 Å². The molecule has 2 aromatic rings. The molecule has 1 aromatic carbocycles. The molecule has 1 aromatic heterocycles. The predicted molar refractivity (Wildman–Crippen MR) is 117 cm³/mol. The number of aryl methyl sites for hydroxylation is 1. The summed E-state index contributed by atoms with van der Waals surface area (Å²) in [6, 6.07) is 6.50. The number of hydrogen-bond donors (Lipinski definition) is 4. The molecule has 1 aliphatic heterocycles. The van der Waals surface area contributed by atoms with Crippen LogP contribution in [-0.4, -0.2) is 64.0 Å². The molecule has 4 unspecified atom stereocenters. The second-order valence-corrected chi connectivity index (χ2v) is 9.09. The second kappa shape index (κ2) is 10.4. The number of nitrogens with zero attached hydrogens (tertiary/aromatic N) is 2. The smallest absolute Gasteiger partial charge is 0.263 e. The van der Waals surface area contributed by atoms with E-state index in [1.165, 1.54) is 0 Å². The van der Waals surface area contributed by atoms with Crippen molar-refractivity contribution in [2.75, 3.05) is 13.2 Å². The molecule has 0 aliphatic carbocycles. The first kappa shape index (κ1) is 24.1. The van der Waals surface area contributed by atoms with Crippen LogP contribution in [0.4, 0.5) is 0 Å². The highest BCUT2D eigenvalue weighted by molar-refractivity contribution is 7.17. The highest BCUT2D eigenvalue weighted by Crippen LogP contribution is 2.32. The molecular formula is C22H27N3O6S. The number of benzene rings is 1. The topological polar surface area (TPSA) is 145 Å². The van der Waals surface area contributed by atoms with Gasteiger partial charge in [0.1, 0.15) is 27.8 Å². The number of aromatic nitrogens is 1. The Balaban J connectivity index is 1.76. The van der Waals surface area contributed by atoms with Gasteiger partial charge in [-0.25, -0.2) is 4.98 Å². The summed E-state index contributed by atoms with van der Waals surface area (Å²) in [6.07, 6.45) is -3.19. The molecule has 10 heteroatoms. The van der Waals surface area contributed by atoms with E-state index in [1.807, 2.05) is 13.8 Å². The van der Waals surface area contributed by atoms with Gasteiger partial charge in [-0.1, -0.05) is 13.8 Å². The van der Waals surface area contributed by atoms with Crippen molar-refractivity contribution in [1.29, 1.82) is 5.26 Å². The predicted octanol–water partition coefficient (Wildman–Crippen LogP) is 1.58. The third-order valence-corrected chi connectivity index (χ3v) is 6.21. The van der Waals surface area contributed by atoms with E-state index in [1.54, 1.807) is 25.1 Å². The molecule has 9 nitrogen and oxygen atoms in total. The van der Waals surface area contributed by atoms with Gasteiger partial charge in [-0.3, -0.25) is 4.79 Å². The van der Waals surface area contributed by atoms with Crippen LogP contribution in [-0.2, 0) is 4.74 Å². The Kier molecular flexibility index (Phi) is 7.82. The maximum absolute atomic E-state index is 12.8. The zero-order valence-electron chi connectivity index (χ0n) is 18.1. The van der Waals surface area contributed by atoms with Gasteiger partial charge in [0.05, 0.1) is 36.6 Å². The molecule has 0 radical (unpaired) electrons. The average Bonchev–Trinajstić information content (AvgIpc) is 3.16. The summed E-state index contributed by atoms with van der Waals surface area (Å²) in [5.41, 5.74) is 1.57. The Morgan fingerprint density at radius 1 is 1.44 bits per heavy atom. The normalized spacial score (nSPS) is 23.1. The van der Waals surface area contributed by atoms with Crippen LogP contribution < -0.4 is 10.1 Å². The van der Waals surface area contributed by atoms with E-state index >= 15 is 0 Å². The van der Waals surface area contributed by atoms with E-state index in [9.17, 15) is 20.3 Å². The van der Waals surface area contributed by atoms with Gasteiger partial charge >= 0.3 is 0 Å². The average molecular weight is 462 g/mol. The van der Waals surface area contributed by atoms with Crippen LogP contribution in [0.1, 0.15) is 41.2 Å². The van der Waals surface area contributed by atoms with Gasteiger partial charge in [0.15, 0.2) is 6.29 Å². The minimum absolute atomic E-state index is 0.0478. The van der Waals surface area contributed by atoms with E-state index in [4.69, 9.17) is 14.6 Å². The van der Waals surface area contributed by atoms with Crippen molar-refractivity contribution in [2.24, 2.45) is 5.92 Å². The summed E-state index contributed by atoms with van der Waals surface area (Å²) in [7, 11) is 0. The van der Waals surface area contributed by atoms with Crippen LogP contribution in [0, 0.1) is 24.2 Å². The molecule has 4 N–H and O–H groups in total. The molecule has 0 spiro atoms. The van der Waals surface area contributed by atoms with Crippen LogP contribution in [0.25, 0.3) is 10.6 Å². The summed E-state index contributed by atoms with van der Waals surface area (Å²) >= 11 is 1.16. The van der Waals surface area contributed by atoms with E-state index in [0.717, 1.165) is 11.3 Å². The standard InChI is InChI=1S/C22H27N3O6S/c1-11(2)10-30-17-5-4-13(6-14(17)8-23)21-24-12(3)19(32-21)20(28)25-15-7-16(27)18(9-26)31-22(15)29/h4-6,11,15-16,18,22,26-27,29H,7,9-10H2,1-3H3,(H,25,28). The van der Waals surface area contributed by atoms with E-state index in [-0.39, 0.29) is 6.42 Å². The minimum Gasteiger partial charge on any atom is -0.492 e. The van der Waals surface area contributed by atoms with Gasteiger partial charge in [0.25, 0.3) is 5.91 Å². The Bertz CT molecular complexity index is 1000. The summed E-state index contributed by atoms with van der Waals surface area (Å²) in [5.74, 6) is 0.376. The van der Waals surface area contributed by atoms with Crippen molar-refractivity contribution >= 4 is 17.2 Å². The van der Waals surface area contributed by atoms with Gasteiger partial charge in [-0.05, 0) is 31.0 Å². The third kappa shape index (κ3) is 5.43. The number of hydrogen-bond acceptors (Lipinski definition) is 9. The van der Waals surface area contributed by atoms with Crippen LogP contribution in [0.5, 0.6) is 5.75 Å². The van der Waals surface area contributed by atoms with Crippen molar-refractivity contribution < 1.29 is 29.6 Å². The van der Waals surface area contributed by atoms with Gasteiger partial charge in [-0.15, -0.1) is 11.3 Å². The zero-order valence-corrected chi connectivity index (χ0v) is 18.9. The molecule has 1 saturated heterocycles. The number of aliphatic hydroxyl groups is 3. The Hall–Kier alpha value is -2.55. The Labute approximate surface area is 190 Å². The number of nitriles is 1. The molecule has 1 aliphatic rings. The van der Waals surface area contributed by atoms with Crippen molar-refractivity contribution in [3.63, 3.8) is 0 Å². The number of amides is 1. The maximum Gasteiger partial charge on any atom is 0.263 e. The molecule has 1 amide bonds. The fourth-order valence-corrected chi connectivity index (χ4v) is 4.25. The zero-order chi connectivity index (χ0) is 23.4. The molecule has 0 bridgehead atoms. The minimum atomic E-state index is -1.34. The first-order valence-corrected chi connectivity index (χ1v) is 11.1. The molecule has 0 saturated carbocycles. The van der Waals surface area contributed by atoms with E-state index in [0.29, 0.717) is 45.0 Å². The van der Waals surface area contributed by atoms with Crippen molar-refractivity contribution in [2.45, 2.75) is 51.7 Å². The van der Waals surface area contributed by atoms with E-state index < -0.39 is 37.1 Å². The van der Waals surface area contributed by atoms with Crippen LogP contribution in [0.2, 0.25) is 0 Å². The molecule has 1 fully saturated rings.